The van der Waals surface area contributed by atoms with E-state index in [2.05, 4.69) is 27.6 Å². The highest BCUT2D eigenvalue weighted by atomic mass is 19.1. The summed E-state index contributed by atoms with van der Waals surface area (Å²) in [6.07, 6.45) is 3.17. The van der Waals surface area contributed by atoms with E-state index < -0.39 is 11.6 Å². The van der Waals surface area contributed by atoms with Gasteiger partial charge in [-0.15, -0.1) is 0 Å². The van der Waals surface area contributed by atoms with Gasteiger partial charge in [0.05, 0.1) is 6.20 Å². The van der Waals surface area contributed by atoms with Gasteiger partial charge in [0, 0.05) is 56.3 Å². The van der Waals surface area contributed by atoms with E-state index in [0.717, 1.165) is 31.3 Å². The van der Waals surface area contributed by atoms with Gasteiger partial charge in [-0.05, 0) is 24.8 Å². The minimum Gasteiger partial charge on any atom is -0.381 e. The number of hydrogen-bond donors (Lipinski definition) is 2. The molecule has 3 unspecified atom stereocenters. The summed E-state index contributed by atoms with van der Waals surface area (Å²) in [6.45, 7) is 5.44. The summed E-state index contributed by atoms with van der Waals surface area (Å²) in [5.41, 5.74) is 4.48. The lowest BCUT2D eigenvalue weighted by molar-refractivity contribution is 0.0818. The highest BCUT2D eigenvalue weighted by molar-refractivity contribution is 5.93. The van der Waals surface area contributed by atoms with Crippen LogP contribution >= 0.6 is 0 Å². The zero-order valence-electron chi connectivity index (χ0n) is 17.5. The Balaban J connectivity index is 1.31. The number of hydrogen-bond acceptors (Lipinski definition) is 5. The molecule has 3 atom stereocenters. The zero-order chi connectivity index (χ0) is 21.5. The quantitative estimate of drug-likeness (QED) is 0.778. The van der Waals surface area contributed by atoms with Crippen molar-refractivity contribution in [2.75, 3.05) is 31.7 Å². The molecule has 2 aromatic rings. The fraction of sp³-hybridized carbons (Fsp3) is 0.545. The molecule has 2 saturated heterocycles. The summed E-state index contributed by atoms with van der Waals surface area (Å²) in [4.78, 5) is 19.5. The van der Waals surface area contributed by atoms with Gasteiger partial charge in [-0.25, -0.2) is 18.4 Å². The number of nitrogens with zero attached hydrogens (tertiary/aromatic N) is 3. The number of halogens is 2. The van der Waals surface area contributed by atoms with Crippen molar-refractivity contribution in [3.05, 3.63) is 53.1 Å². The van der Waals surface area contributed by atoms with E-state index in [9.17, 15) is 13.6 Å². The molecule has 0 saturated carbocycles. The molecule has 3 aliphatic heterocycles. The van der Waals surface area contributed by atoms with Crippen molar-refractivity contribution in [2.45, 2.75) is 38.4 Å². The van der Waals surface area contributed by atoms with Crippen LogP contribution in [0.25, 0.3) is 0 Å². The van der Waals surface area contributed by atoms with Crippen molar-refractivity contribution in [2.24, 2.45) is 11.8 Å². The summed E-state index contributed by atoms with van der Waals surface area (Å²) in [7, 11) is 0. The number of imidazole rings is 1. The van der Waals surface area contributed by atoms with E-state index >= 15 is 0 Å². The molecular formula is C22H27F2N5O2. The number of likely N-dealkylation sites (tertiary alicyclic amines) is 1. The molecule has 9 heteroatoms. The second-order valence-electron chi connectivity index (χ2n) is 8.87. The minimum atomic E-state index is -0.570. The van der Waals surface area contributed by atoms with Crippen molar-refractivity contribution < 1.29 is 18.3 Å². The van der Waals surface area contributed by atoms with Crippen LogP contribution in [-0.4, -0.2) is 52.9 Å². The first-order chi connectivity index (χ1) is 15.0. The number of fused-ring (bicyclic) bond motifs is 1. The second kappa shape index (κ2) is 8.20. The number of carbonyl (C=O) groups is 1. The lowest BCUT2D eigenvalue weighted by Gasteiger charge is -2.35. The van der Waals surface area contributed by atoms with Crippen LogP contribution in [0.4, 0.5) is 8.78 Å². The van der Waals surface area contributed by atoms with Crippen LogP contribution in [0.2, 0.25) is 0 Å². The molecule has 2 fully saturated rings. The molecule has 1 aromatic heterocycles. The fourth-order valence-corrected chi connectivity index (χ4v) is 5.04. The van der Waals surface area contributed by atoms with Crippen molar-refractivity contribution in [1.29, 1.82) is 0 Å². The van der Waals surface area contributed by atoms with E-state index in [0.29, 0.717) is 37.6 Å². The molecule has 1 amide bonds. The fourth-order valence-electron chi connectivity index (χ4n) is 5.04. The lowest BCUT2D eigenvalue weighted by Crippen LogP contribution is -2.55. The van der Waals surface area contributed by atoms with E-state index in [4.69, 9.17) is 4.74 Å². The number of ether oxygens (including phenoxy) is 1. The van der Waals surface area contributed by atoms with Crippen LogP contribution in [-0.2, 0) is 11.3 Å². The summed E-state index contributed by atoms with van der Waals surface area (Å²) in [5.74, 6) is 0.353. The van der Waals surface area contributed by atoms with Gasteiger partial charge in [-0.3, -0.25) is 9.69 Å². The number of aromatic nitrogens is 2. The van der Waals surface area contributed by atoms with Gasteiger partial charge in [0.1, 0.15) is 29.3 Å². The molecule has 2 N–H and O–H groups in total. The first-order valence-electron chi connectivity index (χ1n) is 10.9. The maximum absolute atomic E-state index is 14.1. The molecule has 4 heterocycles. The molecule has 3 aliphatic rings. The maximum Gasteiger partial charge on any atom is 0.273 e. The highest BCUT2D eigenvalue weighted by Crippen LogP contribution is 2.31. The summed E-state index contributed by atoms with van der Waals surface area (Å²) < 4.78 is 34.6. The van der Waals surface area contributed by atoms with E-state index in [1.54, 1.807) is 6.20 Å². The van der Waals surface area contributed by atoms with Gasteiger partial charge in [0.25, 0.3) is 5.91 Å². The molecule has 166 valence electrons. The topological polar surface area (TPSA) is 71.4 Å². The predicted octanol–water partition coefficient (Wildman–Crippen LogP) is 2.44. The van der Waals surface area contributed by atoms with E-state index in [1.165, 1.54) is 12.1 Å². The molecule has 0 radical (unpaired) electrons. The Morgan fingerprint density at radius 2 is 2.03 bits per heavy atom. The molecule has 1 aromatic carbocycles. The number of rotatable bonds is 4. The van der Waals surface area contributed by atoms with Crippen molar-refractivity contribution in [1.82, 2.24) is 19.9 Å². The summed E-state index contributed by atoms with van der Waals surface area (Å²) in [5, 5.41) is 3.08. The van der Waals surface area contributed by atoms with Gasteiger partial charge in [-0.2, -0.15) is 0 Å². The zero-order valence-corrected chi connectivity index (χ0v) is 17.5. The number of carbonyl (C=O) groups excluding carboxylic acids is 1. The van der Waals surface area contributed by atoms with Gasteiger partial charge < -0.3 is 15.5 Å². The van der Waals surface area contributed by atoms with Gasteiger partial charge in [-0.1, -0.05) is 13.0 Å². The third kappa shape index (κ3) is 3.92. The first-order valence-corrected chi connectivity index (χ1v) is 10.9. The number of nitrogens with one attached hydrogen (secondary N) is 2. The Hall–Kier alpha value is -2.52. The summed E-state index contributed by atoms with van der Waals surface area (Å²) in [6, 6.07) is 3.71. The minimum absolute atomic E-state index is 0.134. The lowest BCUT2D eigenvalue weighted by atomic mass is 9.94. The van der Waals surface area contributed by atoms with Crippen LogP contribution in [0.15, 0.2) is 24.4 Å². The molecular weight excluding hydrogens is 404 g/mol. The van der Waals surface area contributed by atoms with Crippen LogP contribution in [0.1, 0.15) is 47.6 Å². The van der Waals surface area contributed by atoms with Gasteiger partial charge in [0.2, 0.25) is 0 Å². The summed E-state index contributed by atoms with van der Waals surface area (Å²) >= 11 is 0. The Bertz CT molecular complexity index is 975. The Morgan fingerprint density at radius 3 is 2.81 bits per heavy atom. The van der Waals surface area contributed by atoms with Gasteiger partial charge >= 0.3 is 0 Å². The van der Waals surface area contributed by atoms with Crippen LogP contribution in [0.5, 0.6) is 0 Å². The van der Waals surface area contributed by atoms with Crippen LogP contribution < -0.4 is 10.7 Å². The van der Waals surface area contributed by atoms with E-state index in [1.807, 2.05) is 4.68 Å². The second-order valence-corrected chi connectivity index (χ2v) is 8.87. The monoisotopic (exact) mass is 431 g/mol. The molecule has 31 heavy (non-hydrogen) atoms. The SMILES string of the molecule is CC1CN(Cc2ccc(F)cc2F)CC1C1NC(=O)c2cnc(C3CCOCC3)n2N1. The Labute approximate surface area is 179 Å². The first kappa shape index (κ1) is 20.4. The van der Waals surface area contributed by atoms with Crippen LogP contribution in [0, 0.1) is 23.5 Å². The highest BCUT2D eigenvalue weighted by Gasteiger charge is 2.40. The Kier molecular flexibility index (Phi) is 5.39. The van der Waals surface area contributed by atoms with E-state index in [-0.39, 0.29) is 29.8 Å². The third-order valence-corrected chi connectivity index (χ3v) is 6.75. The maximum atomic E-state index is 14.1. The molecule has 0 bridgehead atoms. The normalized spacial score (nSPS) is 27.1. The molecule has 5 rings (SSSR count). The largest absolute Gasteiger partial charge is 0.381 e. The molecule has 0 aliphatic carbocycles. The third-order valence-electron chi connectivity index (χ3n) is 6.75. The van der Waals surface area contributed by atoms with Crippen molar-refractivity contribution in [3.8, 4) is 0 Å². The van der Waals surface area contributed by atoms with Crippen molar-refractivity contribution in [3.63, 3.8) is 0 Å². The standard InChI is InChI=1S/C22H27F2N5O2/c1-13-10-28(11-15-2-3-16(23)8-18(15)24)12-17(13)20-26-22(30)19-9-25-21(29(19)27-20)14-4-6-31-7-5-14/h2-3,8-9,13-14,17,20,27H,4-7,10-12H2,1H3,(H,26,30). The van der Waals surface area contributed by atoms with Gasteiger partial charge in [0.15, 0.2) is 0 Å². The molecule has 7 nitrogen and oxygen atoms in total. The number of benzene rings is 1. The average Bonchev–Trinajstić information content (AvgIpc) is 3.34. The molecule has 0 spiro atoms. The predicted molar refractivity (Wildman–Crippen MR) is 110 cm³/mol. The Morgan fingerprint density at radius 1 is 1.23 bits per heavy atom. The number of amides is 1. The van der Waals surface area contributed by atoms with Crippen LogP contribution in [0.3, 0.4) is 0 Å². The van der Waals surface area contributed by atoms with Crippen molar-refractivity contribution >= 4 is 5.91 Å². The smallest absolute Gasteiger partial charge is 0.273 e. The average molecular weight is 431 g/mol.